The monoisotopic (exact) mass is 178 g/mol. The van der Waals surface area contributed by atoms with Crippen LogP contribution in [0.2, 0.25) is 0 Å². The maximum absolute atomic E-state index is 10.2. The number of carbonyl (C=O) groups excluding carboxylic acids is 1. The van der Waals surface area contributed by atoms with E-state index in [0.29, 0.717) is 6.42 Å². The lowest BCUT2D eigenvalue weighted by molar-refractivity contribution is -0.305. The Kier molecular flexibility index (Phi) is 3.46. The molecule has 0 radical (unpaired) electrons. The molecule has 0 amide bonds. The van der Waals surface area contributed by atoms with E-state index in [1.54, 1.807) is 0 Å². The Bertz CT molecular complexity index is 272. The molecule has 0 aliphatic heterocycles. The van der Waals surface area contributed by atoms with Crippen molar-refractivity contribution in [2.45, 2.75) is 18.9 Å². The lowest BCUT2D eigenvalue weighted by atomic mass is 10.0. The summed E-state index contributed by atoms with van der Waals surface area (Å²) in [5.74, 6) is -1.05. The van der Waals surface area contributed by atoms with Gasteiger partial charge in [0.2, 0.25) is 0 Å². The number of hydrogen-bond donors (Lipinski definition) is 1. The minimum absolute atomic E-state index is 0.00998. The summed E-state index contributed by atoms with van der Waals surface area (Å²) in [4.78, 5) is 10.2. The van der Waals surface area contributed by atoms with Crippen LogP contribution < -0.4 is 10.8 Å². The van der Waals surface area contributed by atoms with Crippen LogP contribution in [0.4, 0.5) is 0 Å². The van der Waals surface area contributed by atoms with Crippen molar-refractivity contribution in [3.63, 3.8) is 0 Å². The van der Waals surface area contributed by atoms with Crippen LogP contribution in [0.5, 0.6) is 0 Å². The largest absolute Gasteiger partial charge is 0.550 e. The maximum atomic E-state index is 10.2. The second kappa shape index (κ2) is 4.62. The fraction of sp³-hybridized carbons (Fsp3) is 0.300. The van der Waals surface area contributed by atoms with Gasteiger partial charge in [-0.2, -0.15) is 0 Å². The molecule has 3 heteroatoms. The first kappa shape index (κ1) is 9.74. The number of nitrogens with two attached hydrogens (primary N) is 1. The van der Waals surface area contributed by atoms with E-state index >= 15 is 0 Å². The summed E-state index contributed by atoms with van der Waals surface area (Å²) >= 11 is 0. The van der Waals surface area contributed by atoms with Crippen molar-refractivity contribution < 1.29 is 9.90 Å². The molecule has 0 fully saturated rings. The number of carbonyl (C=O) groups is 1. The molecule has 0 aromatic heterocycles. The van der Waals surface area contributed by atoms with E-state index in [4.69, 9.17) is 5.73 Å². The molecule has 0 saturated heterocycles. The molecule has 1 aromatic rings. The lowest BCUT2D eigenvalue weighted by Gasteiger charge is -2.11. The summed E-state index contributed by atoms with van der Waals surface area (Å²) in [6.07, 6.45) is 0.433. The van der Waals surface area contributed by atoms with Gasteiger partial charge in [0.1, 0.15) is 0 Å². The standard InChI is InChI=1S/C10H13NO2/c11-9(6-7-10(12)13)8-4-2-1-3-5-8/h1-5,9H,6-7,11H2,(H,12,13)/p-1/t9-/m0/s1. The van der Waals surface area contributed by atoms with Gasteiger partial charge in [-0.25, -0.2) is 0 Å². The molecule has 0 bridgehead atoms. The Balaban J connectivity index is 2.49. The third-order valence-corrected chi connectivity index (χ3v) is 1.89. The summed E-state index contributed by atoms with van der Waals surface area (Å²) in [5.41, 5.74) is 6.71. The number of benzene rings is 1. The second-order valence-corrected chi connectivity index (χ2v) is 2.93. The fourth-order valence-electron chi connectivity index (χ4n) is 1.14. The summed E-state index contributed by atoms with van der Waals surface area (Å²) in [7, 11) is 0. The smallest absolute Gasteiger partial charge is 0.0415 e. The number of carboxylic acids is 1. The summed E-state index contributed by atoms with van der Waals surface area (Å²) in [6.45, 7) is 0. The summed E-state index contributed by atoms with van der Waals surface area (Å²) in [6, 6.07) is 9.23. The minimum atomic E-state index is -1.05. The van der Waals surface area contributed by atoms with Gasteiger partial charge in [-0.05, 0) is 18.4 Å². The first-order valence-corrected chi connectivity index (χ1v) is 4.20. The van der Waals surface area contributed by atoms with E-state index < -0.39 is 5.97 Å². The average Bonchev–Trinajstić information content (AvgIpc) is 2.15. The molecule has 13 heavy (non-hydrogen) atoms. The molecule has 0 heterocycles. The Labute approximate surface area is 77.2 Å². The van der Waals surface area contributed by atoms with Crippen molar-refractivity contribution in [2.24, 2.45) is 5.73 Å². The number of hydrogen-bond acceptors (Lipinski definition) is 3. The molecule has 3 nitrogen and oxygen atoms in total. The highest BCUT2D eigenvalue weighted by atomic mass is 16.4. The molecule has 2 N–H and O–H groups in total. The molecule has 1 rings (SSSR count). The number of aliphatic carboxylic acids is 1. The highest BCUT2D eigenvalue weighted by Gasteiger charge is 2.03. The zero-order valence-electron chi connectivity index (χ0n) is 7.27. The summed E-state index contributed by atoms with van der Waals surface area (Å²) < 4.78 is 0. The molecule has 1 atom stereocenters. The zero-order valence-corrected chi connectivity index (χ0v) is 7.27. The Hall–Kier alpha value is -1.35. The van der Waals surface area contributed by atoms with Crippen LogP contribution >= 0.6 is 0 Å². The van der Waals surface area contributed by atoms with Gasteiger partial charge in [-0.15, -0.1) is 0 Å². The number of carboxylic acid groups (broad SMARTS) is 1. The highest BCUT2D eigenvalue weighted by Crippen LogP contribution is 2.14. The Morgan fingerprint density at radius 3 is 2.54 bits per heavy atom. The predicted octanol–water partition coefficient (Wildman–Crippen LogP) is 0.216. The molecule has 0 aliphatic carbocycles. The third kappa shape index (κ3) is 3.25. The first-order chi connectivity index (χ1) is 6.20. The Morgan fingerprint density at radius 1 is 1.38 bits per heavy atom. The summed E-state index contributed by atoms with van der Waals surface area (Å²) in [5, 5.41) is 10.2. The van der Waals surface area contributed by atoms with Gasteiger partial charge < -0.3 is 15.6 Å². The van der Waals surface area contributed by atoms with Crippen molar-refractivity contribution in [1.82, 2.24) is 0 Å². The van der Waals surface area contributed by atoms with Gasteiger partial charge in [0.15, 0.2) is 0 Å². The van der Waals surface area contributed by atoms with Gasteiger partial charge >= 0.3 is 0 Å². The van der Waals surface area contributed by atoms with Crippen LogP contribution in [-0.4, -0.2) is 5.97 Å². The van der Waals surface area contributed by atoms with Crippen LogP contribution in [0.3, 0.4) is 0 Å². The zero-order chi connectivity index (χ0) is 9.68. The van der Waals surface area contributed by atoms with Gasteiger partial charge in [0.05, 0.1) is 0 Å². The molecular formula is C10H12NO2-. The topological polar surface area (TPSA) is 66.2 Å². The van der Waals surface area contributed by atoms with Crippen LogP contribution in [-0.2, 0) is 4.79 Å². The quantitative estimate of drug-likeness (QED) is 0.717. The molecule has 0 spiro atoms. The van der Waals surface area contributed by atoms with Crippen molar-refractivity contribution in [3.8, 4) is 0 Å². The molecule has 0 saturated carbocycles. The van der Waals surface area contributed by atoms with Gasteiger partial charge in [-0.3, -0.25) is 0 Å². The molecule has 0 unspecified atom stereocenters. The predicted molar refractivity (Wildman–Crippen MR) is 47.6 cm³/mol. The van der Waals surface area contributed by atoms with E-state index in [-0.39, 0.29) is 12.5 Å². The van der Waals surface area contributed by atoms with Crippen LogP contribution in [0.25, 0.3) is 0 Å². The van der Waals surface area contributed by atoms with E-state index in [9.17, 15) is 9.90 Å². The second-order valence-electron chi connectivity index (χ2n) is 2.93. The van der Waals surface area contributed by atoms with Crippen molar-refractivity contribution in [2.75, 3.05) is 0 Å². The van der Waals surface area contributed by atoms with E-state index in [1.807, 2.05) is 30.3 Å². The normalized spacial score (nSPS) is 12.4. The van der Waals surface area contributed by atoms with E-state index in [2.05, 4.69) is 0 Å². The van der Waals surface area contributed by atoms with Crippen molar-refractivity contribution in [3.05, 3.63) is 35.9 Å². The fourth-order valence-corrected chi connectivity index (χ4v) is 1.14. The van der Waals surface area contributed by atoms with Crippen LogP contribution in [0.15, 0.2) is 30.3 Å². The van der Waals surface area contributed by atoms with E-state index in [0.717, 1.165) is 5.56 Å². The number of rotatable bonds is 4. The van der Waals surface area contributed by atoms with E-state index in [1.165, 1.54) is 0 Å². The molecule has 0 aliphatic rings. The first-order valence-electron chi connectivity index (χ1n) is 4.20. The third-order valence-electron chi connectivity index (χ3n) is 1.89. The van der Waals surface area contributed by atoms with Crippen LogP contribution in [0.1, 0.15) is 24.4 Å². The van der Waals surface area contributed by atoms with Crippen molar-refractivity contribution >= 4 is 5.97 Å². The van der Waals surface area contributed by atoms with Gasteiger partial charge in [0, 0.05) is 12.0 Å². The Morgan fingerprint density at radius 2 is 2.00 bits per heavy atom. The van der Waals surface area contributed by atoms with Gasteiger partial charge in [0.25, 0.3) is 0 Å². The van der Waals surface area contributed by atoms with Crippen LogP contribution in [0, 0.1) is 0 Å². The molecular weight excluding hydrogens is 166 g/mol. The van der Waals surface area contributed by atoms with Gasteiger partial charge in [-0.1, -0.05) is 30.3 Å². The maximum Gasteiger partial charge on any atom is 0.0415 e. The SMILES string of the molecule is N[C@@H](CCC(=O)[O-])c1ccccc1. The molecule has 70 valence electrons. The lowest BCUT2D eigenvalue weighted by Crippen LogP contribution is -2.23. The highest BCUT2D eigenvalue weighted by molar-refractivity contribution is 5.64. The average molecular weight is 178 g/mol. The van der Waals surface area contributed by atoms with Crippen molar-refractivity contribution in [1.29, 1.82) is 0 Å². The minimum Gasteiger partial charge on any atom is -0.550 e. The molecule has 1 aromatic carbocycles.